The summed E-state index contributed by atoms with van der Waals surface area (Å²) in [4.78, 5) is 38.1. The van der Waals surface area contributed by atoms with E-state index in [4.69, 9.17) is 14.2 Å². The van der Waals surface area contributed by atoms with Gasteiger partial charge in [0.2, 0.25) is 0 Å². The molecule has 0 fully saturated rings. The van der Waals surface area contributed by atoms with E-state index in [1.165, 1.54) is 135 Å². The lowest BCUT2D eigenvalue weighted by Gasteiger charge is -2.18. The number of rotatable bonds is 55. The van der Waals surface area contributed by atoms with E-state index >= 15 is 0 Å². The highest BCUT2D eigenvalue weighted by atomic mass is 16.6. The van der Waals surface area contributed by atoms with E-state index in [0.717, 1.165) is 122 Å². The van der Waals surface area contributed by atoms with Crippen molar-refractivity contribution in [3.8, 4) is 0 Å². The zero-order valence-corrected chi connectivity index (χ0v) is 47.4. The third-order valence-electron chi connectivity index (χ3n) is 13.2. The molecule has 6 nitrogen and oxygen atoms in total. The molecule has 0 aromatic rings. The Bertz CT molecular complexity index is 1380. The van der Waals surface area contributed by atoms with Gasteiger partial charge < -0.3 is 14.2 Å². The smallest absolute Gasteiger partial charge is 0.306 e. The lowest BCUT2D eigenvalue weighted by molar-refractivity contribution is -0.167. The van der Waals surface area contributed by atoms with Gasteiger partial charge in [0.05, 0.1) is 0 Å². The summed E-state index contributed by atoms with van der Waals surface area (Å²) in [5, 5.41) is 0. The Kier molecular flexibility index (Phi) is 57.3. The number of unbranched alkanes of at least 4 members (excludes halogenated alkanes) is 30. The van der Waals surface area contributed by atoms with Gasteiger partial charge in [-0.05, 0) is 77.0 Å². The molecule has 0 heterocycles. The molecular formula is C66H114O6. The van der Waals surface area contributed by atoms with Crippen molar-refractivity contribution in [1.29, 1.82) is 0 Å². The predicted octanol–water partition coefficient (Wildman–Crippen LogP) is 20.7. The van der Waals surface area contributed by atoms with Crippen LogP contribution in [0.4, 0.5) is 0 Å². The van der Waals surface area contributed by atoms with E-state index in [-0.39, 0.29) is 31.1 Å². The first-order valence-corrected chi connectivity index (χ1v) is 30.6. The number of carbonyl (C=O) groups is 3. The Morgan fingerprint density at radius 2 is 0.542 bits per heavy atom. The van der Waals surface area contributed by atoms with Crippen molar-refractivity contribution in [2.75, 3.05) is 13.2 Å². The Morgan fingerprint density at radius 1 is 0.292 bits per heavy atom. The van der Waals surface area contributed by atoms with Gasteiger partial charge in [0.15, 0.2) is 6.10 Å². The molecular weight excluding hydrogens is 889 g/mol. The maximum absolute atomic E-state index is 12.9. The van der Waals surface area contributed by atoms with Crippen LogP contribution in [0.25, 0.3) is 0 Å². The molecule has 0 rings (SSSR count). The van der Waals surface area contributed by atoms with Crippen LogP contribution in [0.3, 0.4) is 0 Å². The van der Waals surface area contributed by atoms with Crippen molar-refractivity contribution < 1.29 is 28.6 Å². The van der Waals surface area contributed by atoms with Gasteiger partial charge in [-0.3, -0.25) is 14.4 Å². The van der Waals surface area contributed by atoms with Crippen LogP contribution >= 0.6 is 0 Å². The van der Waals surface area contributed by atoms with Gasteiger partial charge in [0.1, 0.15) is 13.2 Å². The van der Waals surface area contributed by atoms with E-state index in [0.29, 0.717) is 19.3 Å². The lowest BCUT2D eigenvalue weighted by Crippen LogP contribution is -2.30. The number of carbonyl (C=O) groups excluding carboxylic acids is 3. The SMILES string of the molecule is CC/C=C\C/C=C\C/C=C\C/C=C\C/C=C\C/C=C\C/C=C\CCCCCCCC(=O)OCC(COC(=O)CCCCCCCCCCC)OC(=O)CCCCCCCCCCCCCCCCCCCC. The summed E-state index contributed by atoms with van der Waals surface area (Å²) >= 11 is 0. The highest BCUT2D eigenvalue weighted by Crippen LogP contribution is 2.16. The van der Waals surface area contributed by atoms with Crippen molar-refractivity contribution in [1.82, 2.24) is 0 Å². The molecule has 1 atom stereocenters. The number of ether oxygens (including phenoxy) is 3. The van der Waals surface area contributed by atoms with Crippen LogP contribution in [0.15, 0.2) is 85.1 Å². The third kappa shape index (κ3) is 57.5. The van der Waals surface area contributed by atoms with E-state index in [1.54, 1.807) is 0 Å². The molecule has 0 saturated carbocycles. The topological polar surface area (TPSA) is 78.9 Å². The average Bonchev–Trinajstić information content (AvgIpc) is 3.38. The summed E-state index contributed by atoms with van der Waals surface area (Å²) in [6, 6.07) is 0. The van der Waals surface area contributed by atoms with Crippen LogP contribution in [0.2, 0.25) is 0 Å². The molecule has 0 aromatic carbocycles. The first-order valence-electron chi connectivity index (χ1n) is 30.6. The van der Waals surface area contributed by atoms with Gasteiger partial charge in [0.25, 0.3) is 0 Å². The first kappa shape index (κ1) is 68.6. The highest BCUT2D eigenvalue weighted by Gasteiger charge is 2.19. The molecule has 0 aliphatic rings. The Balaban J connectivity index is 4.27. The lowest BCUT2D eigenvalue weighted by atomic mass is 10.0. The molecule has 0 spiro atoms. The maximum Gasteiger partial charge on any atom is 0.306 e. The van der Waals surface area contributed by atoms with Gasteiger partial charge in [-0.25, -0.2) is 0 Å². The second-order valence-corrected chi connectivity index (χ2v) is 20.2. The summed E-state index contributed by atoms with van der Waals surface area (Å²) < 4.78 is 16.8. The standard InChI is InChI=1S/C66H114O6/c1-4-7-10-13-16-19-21-23-25-27-29-30-31-32-33-34-35-36-37-39-40-42-44-47-50-53-56-59-65(68)71-62-63(61-70-64(67)58-55-52-49-46-18-15-12-9-6-3)72-66(69)60-57-54-51-48-45-43-41-38-28-26-24-22-20-17-14-11-8-5-2/h7,10,16,19,23,25,29-30,32-33,35-36,39-40,63H,4-6,8-9,11-15,17-18,20-22,24,26-28,31,34,37-38,41-62H2,1-3H3/b10-7-,19-16-,25-23-,30-29-,33-32-,36-35-,40-39-. The van der Waals surface area contributed by atoms with Gasteiger partial charge in [0, 0.05) is 19.3 Å². The van der Waals surface area contributed by atoms with Gasteiger partial charge in [-0.1, -0.05) is 286 Å². The van der Waals surface area contributed by atoms with Crippen molar-refractivity contribution in [3.63, 3.8) is 0 Å². The fourth-order valence-corrected chi connectivity index (χ4v) is 8.60. The number of allylic oxidation sites excluding steroid dienone is 14. The Hall–Kier alpha value is -3.41. The number of hydrogen-bond acceptors (Lipinski definition) is 6. The Morgan fingerprint density at radius 3 is 0.847 bits per heavy atom. The fraction of sp³-hybridized carbons (Fsp3) is 0.742. The molecule has 0 aromatic heterocycles. The van der Waals surface area contributed by atoms with Crippen molar-refractivity contribution in [2.24, 2.45) is 0 Å². The molecule has 0 aliphatic carbocycles. The minimum absolute atomic E-state index is 0.0791. The highest BCUT2D eigenvalue weighted by molar-refractivity contribution is 5.71. The van der Waals surface area contributed by atoms with Gasteiger partial charge in [-0.2, -0.15) is 0 Å². The second-order valence-electron chi connectivity index (χ2n) is 20.2. The zero-order valence-electron chi connectivity index (χ0n) is 47.4. The van der Waals surface area contributed by atoms with E-state index in [2.05, 4.69) is 106 Å². The molecule has 0 N–H and O–H groups in total. The van der Waals surface area contributed by atoms with Crippen LogP contribution in [0.1, 0.15) is 297 Å². The van der Waals surface area contributed by atoms with E-state index in [1.807, 2.05) is 0 Å². The molecule has 0 bridgehead atoms. The molecule has 72 heavy (non-hydrogen) atoms. The molecule has 414 valence electrons. The largest absolute Gasteiger partial charge is 0.462 e. The molecule has 0 radical (unpaired) electrons. The van der Waals surface area contributed by atoms with Gasteiger partial charge in [-0.15, -0.1) is 0 Å². The molecule has 0 aliphatic heterocycles. The minimum atomic E-state index is -0.781. The average molecular weight is 1000 g/mol. The summed E-state index contributed by atoms with van der Waals surface area (Å²) in [6.45, 7) is 6.52. The van der Waals surface area contributed by atoms with Crippen LogP contribution in [0, 0.1) is 0 Å². The van der Waals surface area contributed by atoms with Crippen molar-refractivity contribution in [3.05, 3.63) is 85.1 Å². The van der Waals surface area contributed by atoms with Crippen molar-refractivity contribution >= 4 is 17.9 Å². The summed E-state index contributed by atoms with van der Waals surface area (Å²) in [5.41, 5.74) is 0. The van der Waals surface area contributed by atoms with Crippen LogP contribution < -0.4 is 0 Å². The normalized spacial score (nSPS) is 12.7. The van der Waals surface area contributed by atoms with Crippen LogP contribution in [-0.2, 0) is 28.6 Å². The molecule has 6 heteroatoms. The number of esters is 3. The van der Waals surface area contributed by atoms with Crippen LogP contribution in [0.5, 0.6) is 0 Å². The van der Waals surface area contributed by atoms with Crippen LogP contribution in [-0.4, -0.2) is 37.2 Å². The third-order valence-corrected chi connectivity index (χ3v) is 13.2. The van der Waals surface area contributed by atoms with E-state index < -0.39 is 6.10 Å². The Labute approximate surface area is 445 Å². The first-order chi connectivity index (χ1) is 35.5. The summed E-state index contributed by atoms with van der Waals surface area (Å²) in [5.74, 6) is -0.891. The van der Waals surface area contributed by atoms with E-state index in [9.17, 15) is 14.4 Å². The molecule has 1 unspecified atom stereocenters. The summed E-state index contributed by atoms with van der Waals surface area (Å²) in [7, 11) is 0. The molecule has 0 amide bonds. The molecule has 0 saturated heterocycles. The fourth-order valence-electron chi connectivity index (χ4n) is 8.60. The second kappa shape index (κ2) is 60.1. The summed E-state index contributed by atoms with van der Waals surface area (Å²) in [6.07, 6.45) is 78.7. The monoisotopic (exact) mass is 1000 g/mol. The minimum Gasteiger partial charge on any atom is -0.462 e. The maximum atomic E-state index is 12.9. The predicted molar refractivity (Wildman–Crippen MR) is 311 cm³/mol. The zero-order chi connectivity index (χ0) is 52.2. The number of hydrogen-bond donors (Lipinski definition) is 0. The quantitative estimate of drug-likeness (QED) is 0.0261. The van der Waals surface area contributed by atoms with Gasteiger partial charge >= 0.3 is 17.9 Å². The van der Waals surface area contributed by atoms with Crippen molar-refractivity contribution in [2.45, 2.75) is 303 Å².